The predicted octanol–water partition coefficient (Wildman–Crippen LogP) is 3.82. The standard InChI is InChI=1S/C29H34N6O4/c1-38-32-24-18-25(28-31-27(39-33-28)19-30-26(36)14-17-34-15-6-3-7-16-34)35(20-24)29(37)23-12-10-22(11-13-23)21-8-4-2-5-9-21/h2,4-5,8-13,25H,3,6-7,14-20H2,1H3,(H,30,36)/b32-24-/t25-/m0/s1. The van der Waals surface area contributed by atoms with Crippen LogP contribution in [-0.2, 0) is 16.2 Å². The molecular weight excluding hydrogens is 496 g/mol. The number of benzene rings is 2. The Bertz CT molecular complexity index is 1280. The van der Waals surface area contributed by atoms with Gasteiger partial charge in [0.25, 0.3) is 5.91 Å². The number of carbonyl (C=O) groups is 2. The van der Waals surface area contributed by atoms with E-state index < -0.39 is 6.04 Å². The monoisotopic (exact) mass is 530 g/mol. The first kappa shape index (κ1) is 26.6. The normalized spacial score (nSPS) is 18.8. The first-order chi connectivity index (χ1) is 19.1. The van der Waals surface area contributed by atoms with E-state index in [4.69, 9.17) is 9.36 Å². The molecule has 204 valence electrons. The summed E-state index contributed by atoms with van der Waals surface area (Å²) in [4.78, 5) is 39.4. The van der Waals surface area contributed by atoms with Crippen molar-refractivity contribution >= 4 is 17.5 Å². The Morgan fingerprint density at radius 3 is 2.54 bits per heavy atom. The largest absolute Gasteiger partial charge is 0.399 e. The maximum Gasteiger partial charge on any atom is 0.254 e. The smallest absolute Gasteiger partial charge is 0.254 e. The molecule has 0 bridgehead atoms. The summed E-state index contributed by atoms with van der Waals surface area (Å²) < 4.78 is 5.42. The zero-order valence-corrected chi connectivity index (χ0v) is 22.2. The van der Waals surface area contributed by atoms with Crippen LogP contribution in [-0.4, -0.2) is 70.8 Å². The molecular formula is C29H34N6O4. The maximum absolute atomic E-state index is 13.5. The molecule has 0 saturated carbocycles. The van der Waals surface area contributed by atoms with Crippen LogP contribution in [0.3, 0.4) is 0 Å². The van der Waals surface area contributed by atoms with Gasteiger partial charge in [0, 0.05) is 24.9 Å². The first-order valence-corrected chi connectivity index (χ1v) is 13.5. The summed E-state index contributed by atoms with van der Waals surface area (Å²) in [6, 6.07) is 17.1. The molecule has 2 aliphatic rings. The molecule has 0 unspecified atom stereocenters. The number of hydrogen-bond donors (Lipinski definition) is 1. The van der Waals surface area contributed by atoms with Crippen LogP contribution in [0, 0.1) is 0 Å². The third kappa shape index (κ3) is 6.69. The Morgan fingerprint density at radius 1 is 1.05 bits per heavy atom. The molecule has 0 radical (unpaired) electrons. The van der Waals surface area contributed by atoms with Gasteiger partial charge in [-0.25, -0.2) is 0 Å². The van der Waals surface area contributed by atoms with Gasteiger partial charge in [0.1, 0.15) is 13.2 Å². The van der Waals surface area contributed by atoms with Crippen LogP contribution in [0.25, 0.3) is 11.1 Å². The number of likely N-dealkylation sites (tertiary alicyclic amines) is 2. The molecule has 2 aromatic carbocycles. The average molecular weight is 531 g/mol. The summed E-state index contributed by atoms with van der Waals surface area (Å²) in [6.45, 7) is 3.32. The predicted molar refractivity (Wildman–Crippen MR) is 146 cm³/mol. The molecule has 39 heavy (non-hydrogen) atoms. The molecule has 0 spiro atoms. The van der Waals surface area contributed by atoms with Crippen molar-refractivity contribution in [3.05, 3.63) is 71.9 Å². The second kappa shape index (κ2) is 12.7. The van der Waals surface area contributed by atoms with E-state index in [0.29, 0.717) is 42.4 Å². The summed E-state index contributed by atoms with van der Waals surface area (Å²) in [5.74, 6) is 0.473. The Labute approximate surface area is 228 Å². The molecule has 1 atom stereocenters. The number of piperidine rings is 1. The highest BCUT2D eigenvalue weighted by Gasteiger charge is 2.38. The zero-order valence-electron chi connectivity index (χ0n) is 22.2. The van der Waals surface area contributed by atoms with Crippen molar-refractivity contribution in [3.8, 4) is 11.1 Å². The molecule has 1 aromatic heterocycles. The van der Waals surface area contributed by atoms with Gasteiger partial charge in [-0.1, -0.05) is 59.2 Å². The van der Waals surface area contributed by atoms with E-state index in [-0.39, 0.29) is 18.4 Å². The molecule has 5 rings (SSSR count). The minimum absolute atomic E-state index is 0.0496. The van der Waals surface area contributed by atoms with Gasteiger partial charge >= 0.3 is 0 Å². The zero-order chi connectivity index (χ0) is 27.0. The van der Waals surface area contributed by atoms with E-state index >= 15 is 0 Å². The van der Waals surface area contributed by atoms with Crippen LogP contribution in [0.5, 0.6) is 0 Å². The quantitative estimate of drug-likeness (QED) is 0.419. The van der Waals surface area contributed by atoms with Gasteiger partial charge in [-0.05, 0) is 49.2 Å². The van der Waals surface area contributed by atoms with E-state index in [1.54, 1.807) is 4.90 Å². The number of aromatic nitrogens is 2. The number of oxime groups is 1. The molecule has 0 aliphatic carbocycles. The number of nitrogens with one attached hydrogen (secondary N) is 1. The molecule has 3 heterocycles. The second-order valence-electron chi connectivity index (χ2n) is 9.91. The number of hydrogen-bond acceptors (Lipinski definition) is 8. The highest BCUT2D eigenvalue weighted by Crippen LogP contribution is 2.31. The molecule has 1 N–H and O–H groups in total. The Hall–Kier alpha value is -4.05. The van der Waals surface area contributed by atoms with E-state index in [2.05, 4.69) is 25.5 Å². The molecule has 2 fully saturated rings. The highest BCUT2D eigenvalue weighted by atomic mass is 16.6. The van der Waals surface area contributed by atoms with Crippen molar-refractivity contribution in [2.75, 3.05) is 33.3 Å². The molecule has 2 saturated heterocycles. The van der Waals surface area contributed by atoms with E-state index in [1.165, 1.54) is 26.4 Å². The minimum atomic E-state index is -0.451. The topological polar surface area (TPSA) is 113 Å². The minimum Gasteiger partial charge on any atom is -0.399 e. The summed E-state index contributed by atoms with van der Waals surface area (Å²) in [7, 11) is 1.48. The molecule has 10 heteroatoms. The Morgan fingerprint density at radius 2 is 1.79 bits per heavy atom. The van der Waals surface area contributed by atoms with Gasteiger partial charge in [-0.2, -0.15) is 4.98 Å². The van der Waals surface area contributed by atoms with Gasteiger partial charge in [0.2, 0.25) is 11.8 Å². The van der Waals surface area contributed by atoms with Crippen molar-refractivity contribution < 1.29 is 18.9 Å². The van der Waals surface area contributed by atoms with E-state index in [1.807, 2.05) is 54.6 Å². The van der Waals surface area contributed by atoms with Crippen LogP contribution in [0.4, 0.5) is 0 Å². The Balaban J connectivity index is 1.22. The SMILES string of the molecule is CO/N=C1/C[C@@H](c2noc(CNC(=O)CCN3CCCCC3)n2)N(C(=O)c2ccc(-c3ccccc3)cc2)C1. The Kier molecular flexibility index (Phi) is 8.62. The number of rotatable bonds is 9. The van der Waals surface area contributed by atoms with Gasteiger partial charge in [0.15, 0.2) is 5.82 Å². The lowest BCUT2D eigenvalue weighted by Crippen LogP contribution is -2.34. The number of amides is 2. The fourth-order valence-corrected chi connectivity index (χ4v) is 5.13. The lowest BCUT2D eigenvalue weighted by molar-refractivity contribution is -0.121. The second-order valence-corrected chi connectivity index (χ2v) is 9.91. The van der Waals surface area contributed by atoms with Crippen LogP contribution < -0.4 is 5.32 Å². The summed E-state index contributed by atoms with van der Waals surface area (Å²) in [5.41, 5.74) is 3.40. The maximum atomic E-state index is 13.5. The van der Waals surface area contributed by atoms with E-state index in [0.717, 1.165) is 30.8 Å². The van der Waals surface area contributed by atoms with Crippen LogP contribution in [0.15, 0.2) is 64.3 Å². The lowest BCUT2D eigenvalue weighted by atomic mass is 10.0. The van der Waals surface area contributed by atoms with Crippen molar-refractivity contribution in [2.24, 2.45) is 5.16 Å². The van der Waals surface area contributed by atoms with Crippen LogP contribution in [0.2, 0.25) is 0 Å². The van der Waals surface area contributed by atoms with Gasteiger partial charge in [-0.3, -0.25) is 9.59 Å². The number of carbonyl (C=O) groups excluding carboxylic acids is 2. The lowest BCUT2D eigenvalue weighted by Gasteiger charge is -2.25. The van der Waals surface area contributed by atoms with Crippen molar-refractivity contribution in [1.82, 2.24) is 25.3 Å². The summed E-state index contributed by atoms with van der Waals surface area (Å²) in [5, 5.41) is 11.1. The van der Waals surface area contributed by atoms with Crippen molar-refractivity contribution in [3.63, 3.8) is 0 Å². The van der Waals surface area contributed by atoms with Gasteiger partial charge in [0.05, 0.1) is 18.8 Å². The summed E-state index contributed by atoms with van der Waals surface area (Å²) >= 11 is 0. The molecule has 2 amide bonds. The number of nitrogens with zero attached hydrogens (tertiary/aromatic N) is 5. The van der Waals surface area contributed by atoms with Crippen LogP contribution in [0.1, 0.15) is 60.2 Å². The first-order valence-electron chi connectivity index (χ1n) is 13.5. The van der Waals surface area contributed by atoms with Gasteiger partial charge < -0.3 is 24.5 Å². The summed E-state index contributed by atoms with van der Waals surface area (Å²) in [6.07, 6.45) is 4.53. The van der Waals surface area contributed by atoms with Gasteiger partial charge in [-0.15, -0.1) is 0 Å². The third-order valence-corrected chi connectivity index (χ3v) is 7.20. The third-order valence-electron chi connectivity index (χ3n) is 7.20. The van der Waals surface area contributed by atoms with Crippen LogP contribution >= 0.6 is 0 Å². The molecule has 3 aromatic rings. The average Bonchev–Trinajstić information content (AvgIpc) is 3.63. The van der Waals surface area contributed by atoms with E-state index in [9.17, 15) is 9.59 Å². The molecule has 2 aliphatic heterocycles. The molecule has 10 nitrogen and oxygen atoms in total. The fraction of sp³-hybridized carbons (Fsp3) is 0.414. The van der Waals surface area contributed by atoms with Crippen molar-refractivity contribution in [1.29, 1.82) is 0 Å². The fourth-order valence-electron chi connectivity index (χ4n) is 5.13. The highest BCUT2D eigenvalue weighted by molar-refractivity contribution is 6.00. The van der Waals surface area contributed by atoms with Crippen molar-refractivity contribution in [2.45, 2.75) is 44.7 Å².